The van der Waals surface area contributed by atoms with Crippen LogP contribution in [0.3, 0.4) is 0 Å². The first kappa shape index (κ1) is 17.3. The summed E-state index contributed by atoms with van der Waals surface area (Å²) in [5.41, 5.74) is -0.789. The zero-order chi connectivity index (χ0) is 16.0. The summed E-state index contributed by atoms with van der Waals surface area (Å²) in [5.74, 6) is -0.737. The van der Waals surface area contributed by atoms with E-state index in [-0.39, 0.29) is 24.2 Å². The number of carboxylic acids is 1. The SMILES string of the molecule is CCOC(=O)C(CC(=O)O)(C1CCCCC1)C1CCCCC1. The topological polar surface area (TPSA) is 63.6 Å². The zero-order valence-corrected chi connectivity index (χ0v) is 13.8. The minimum Gasteiger partial charge on any atom is -0.481 e. The van der Waals surface area contributed by atoms with Gasteiger partial charge >= 0.3 is 11.9 Å². The molecule has 0 amide bonds. The van der Waals surface area contributed by atoms with Crippen LogP contribution in [0.1, 0.15) is 77.6 Å². The van der Waals surface area contributed by atoms with Gasteiger partial charge in [0.2, 0.25) is 0 Å². The first-order valence-corrected chi connectivity index (χ1v) is 9.00. The van der Waals surface area contributed by atoms with Gasteiger partial charge < -0.3 is 9.84 Å². The van der Waals surface area contributed by atoms with Crippen LogP contribution in [0.2, 0.25) is 0 Å². The molecule has 0 radical (unpaired) electrons. The molecule has 4 nitrogen and oxygen atoms in total. The van der Waals surface area contributed by atoms with Gasteiger partial charge in [0, 0.05) is 0 Å². The molecule has 4 heteroatoms. The molecule has 0 aromatic carbocycles. The van der Waals surface area contributed by atoms with Crippen molar-refractivity contribution < 1.29 is 19.4 Å². The summed E-state index contributed by atoms with van der Waals surface area (Å²) in [4.78, 5) is 24.5. The summed E-state index contributed by atoms with van der Waals surface area (Å²) in [5, 5.41) is 9.52. The lowest BCUT2D eigenvalue weighted by Gasteiger charge is -2.46. The number of ether oxygens (including phenoxy) is 1. The van der Waals surface area contributed by atoms with E-state index in [0.717, 1.165) is 51.4 Å². The summed E-state index contributed by atoms with van der Waals surface area (Å²) < 4.78 is 5.41. The van der Waals surface area contributed by atoms with E-state index >= 15 is 0 Å². The molecule has 126 valence electrons. The van der Waals surface area contributed by atoms with Gasteiger partial charge in [-0.3, -0.25) is 9.59 Å². The van der Waals surface area contributed by atoms with Crippen molar-refractivity contribution in [3.05, 3.63) is 0 Å². The molecule has 1 N–H and O–H groups in total. The second kappa shape index (κ2) is 7.98. The average molecular weight is 310 g/mol. The van der Waals surface area contributed by atoms with Gasteiger partial charge in [0.25, 0.3) is 0 Å². The molecule has 2 saturated carbocycles. The molecule has 2 aliphatic rings. The van der Waals surface area contributed by atoms with Gasteiger partial charge in [0.1, 0.15) is 0 Å². The molecule has 2 aliphatic carbocycles. The molecule has 0 atom stereocenters. The zero-order valence-electron chi connectivity index (χ0n) is 13.8. The molecule has 0 heterocycles. The number of esters is 1. The molecule has 2 fully saturated rings. The Morgan fingerprint density at radius 1 is 0.955 bits per heavy atom. The van der Waals surface area contributed by atoms with Crippen LogP contribution in [0.15, 0.2) is 0 Å². The summed E-state index contributed by atoms with van der Waals surface area (Å²) in [6.45, 7) is 2.14. The molecule has 0 aromatic heterocycles. The van der Waals surface area contributed by atoms with Gasteiger partial charge in [-0.1, -0.05) is 38.5 Å². The number of carboxylic acid groups (broad SMARTS) is 1. The molecule has 0 spiro atoms. The van der Waals surface area contributed by atoms with Crippen LogP contribution < -0.4 is 0 Å². The van der Waals surface area contributed by atoms with Gasteiger partial charge in [-0.05, 0) is 44.4 Å². The predicted octanol–water partition coefficient (Wildman–Crippen LogP) is 4.17. The van der Waals surface area contributed by atoms with Crippen molar-refractivity contribution in [2.24, 2.45) is 17.3 Å². The summed E-state index contributed by atoms with van der Waals surface area (Å²) in [6.07, 6.45) is 10.7. The van der Waals surface area contributed by atoms with Crippen LogP contribution in [0.25, 0.3) is 0 Å². The van der Waals surface area contributed by atoms with Gasteiger partial charge in [-0.15, -0.1) is 0 Å². The monoisotopic (exact) mass is 310 g/mol. The lowest BCUT2D eigenvalue weighted by atomic mass is 9.57. The molecule has 2 rings (SSSR count). The van der Waals surface area contributed by atoms with Crippen molar-refractivity contribution in [3.63, 3.8) is 0 Å². The smallest absolute Gasteiger partial charge is 0.313 e. The number of hydrogen-bond acceptors (Lipinski definition) is 3. The fourth-order valence-corrected chi connectivity index (χ4v) is 4.78. The van der Waals surface area contributed by atoms with E-state index in [9.17, 15) is 14.7 Å². The molecule has 0 aliphatic heterocycles. The Hall–Kier alpha value is -1.06. The minimum absolute atomic E-state index is 0.0544. The fourth-order valence-electron chi connectivity index (χ4n) is 4.78. The highest BCUT2D eigenvalue weighted by Crippen LogP contribution is 2.51. The second-order valence-electron chi connectivity index (χ2n) is 7.00. The summed E-state index contributed by atoms with van der Waals surface area (Å²) >= 11 is 0. The number of carbonyl (C=O) groups is 2. The molecule has 0 bridgehead atoms. The van der Waals surface area contributed by atoms with Gasteiger partial charge in [0.15, 0.2) is 0 Å². The average Bonchev–Trinajstić information content (AvgIpc) is 2.54. The maximum Gasteiger partial charge on any atom is 0.313 e. The summed E-state index contributed by atoms with van der Waals surface area (Å²) in [7, 11) is 0. The van der Waals surface area contributed by atoms with Crippen LogP contribution in [-0.2, 0) is 14.3 Å². The van der Waals surface area contributed by atoms with Gasteiger partial charge in [-0.2, -0.15) is 0 Å². The van der Waals surface area contributed by atoms with Gasteiger partial charge in [-0.25, -0.2) is 0 Å². The van der Waals surface area contributed by atoms with Crippen molar-refractivity contribution in [1.29, 1.82) is 0 Å². The van der Waals surface area contributed by atoms with Crippen molar-refractivity contribution >= 4 is 11.9 Å². The third-order valence-corrected chi connectivity index (χ3v) is 5.77. The third kappa shape index (κ3) is 3.64. The normalized spacial score (nSPS) is 21.5. The Bertz CT molecular complexity index is 361. The van der Waals surface area contributed by atoms with Gasteiger partial charge in [0.05, 0.1) is 18.4 Å². The quantitative estimate of drug-likeness (QED) is 0.748. The standard InChI is InChI=1S/C18H30O4/c1-2-22-17(21)18(13-16(19)20,14-9-5-3-6-10-14)15-11-7-4-8-12-15/h14-15H,2-13H2,1H3,(H,19,20). The van der Waals surface area contributed by atoms with E-state index in [4.69, 9.17) is 4.74 Å². The maximum absolute atomic E-state index is 12.9. The Balaban J connectivity index is 2.35. The van der Waals surface area contributed by atoms with Crippen molar-refractivity contribution in [2.75, 3.05) is 6.61 Å². The van der Waals surface area contributed by atoms with E-state index in [1.807, 2.05) is 6.92 Å². The van der Waals surface area contributed by atoms with Crippen molar-refractivity contribution in [1.82, 2.24) is 0 Å². The van der Waals surface area contributed by atoms with Crippen LogP contribution >= 0.6 is 0 Å². The van der Waals surface area contributed by atoms with E-state index in [1.54, 1.807) is 0 Å². The Kier molecular flexibility index (Phi) is 6.27. The predicted molar refractivity (Wildman–Crippen MR) is 84.5 cm³/mol. The Labute approximate surface area is 133 Å². The number of aliphatic carboxylic acids is 1. The largest absolute Gasteiger partial charge is 0.481 e. The lowest BCUT2D eigenvalue weighted by molar-refractivity contribution is -0.173. The van der Waals surface area contributed by atoms with Crippen LogP contribution in [-0.4, -0.2) is 23.7 Å². The number of carbonyl (C=O) groups excluding carboxylic acids is 1. The van der Waals surface area contributed by atoms with Crippen molar-refractivity contribution in [3.8, 4) is 0 Å². The van der Waals surface area contributed by atoms with E-state index in [1.165, 1.54) is 12.8 Å². The highest BCUT2D eigenvalue weighted by Gasteiger charge is 2.53. The Morgan fingerprint density at radius 3 is 1.77 bits per heavy atom. The summed E-state index contributed by atoms with van der Waals surface area (Å²) in [6, 6.07) is 0. The lowest BCUT2D eigenvalue weighted by Crippen LogP contribution is -2.49. The second-order valence-corrected chi connectivity index (χ2v) is 7.00. The van der Waals surface area contributed by atoms with E-state index < -0.39 is 11.4 Å². The molecular formula is C18H30O4. The first-order chi connectivity index (χ1) is 10.6. The molecule has 22 heavy (non-hydrogen) atoms. The van der Waals surface area contributed by atoms with Crippen molar-refractivity contribution in [2.45, 2.75) is 77.6 Å². The number of hydrogen-bond donors (Lipinski definition) is 1. The maximum atomic E-state index is 12.9. The molecular weight excluding hydrogens is 280 g/mol. The molecule has 0 unspecified atom stereocenters. The fraction of sp³-hybridized carbons (Fsp3) is 0.889. The highest BCUT2D eigenvalue weighted by atomic mass is 16.5. The van der Waals surface area contributed by atoms with E-state index in [2.05, 4.69) is 0 Å². The first-order valence-electron chi connectivity index (χ1n) is 9.00. The molecule has 0 saturated heterocycles. The highest BCUT2D eigenvalue weighted by molar-refractivity contribution is 5.83. The molecule has 0 aromatic rings. The third-order valence-electron chi connectivity index (χ3n) is 5.77. The van der Waals surface area contributed by atoms with Crippen LogP contribution in [0.5, 0.6) is 0 Å². The van der Waals surface area contributed by atoms with Crippen LogP contribution in [0, 0.1) is 17.3 Å². The number of rotatable bonds is 6. The van der Waals surface area contributed by atoms with Crippen LogP contribution in [0.4, 0.5) is 0 Å². The Morgan fingerprint density at radius 2 is 1.41 bits per heavy atom. The van der Waals surface area contributed by atoms with E-state index in [0.29, 0.717) is 6.61 Å². The minimum atomic E-state index is -0.857.